The lowest BCUT2D eigenvalue weighted by molar-refractivity contribution is 0.0696. The van der Waals surface area contributed by atoms with Crippen LogP contribution in [-0.4, -0.2) is 28.1 Å². The van der Waals surface area contributed by atoms with Gasteiger partial charge in [0.05, 0.1) is 5.56 Å². The van der Waals surface area contributed by atoms with Crippen LogP contribution >= 0.6 is 27.7 Å². The molecular formula is C13H16BrNO2S. The number of carboxylic acids is 1. The molecule has 98 valence electrons. The van der Waals surface area contributed by atoms with Gasteiger partial charge in [0.1, 0.15) is 0 Å². The molecule has 0 aliphatic carbocycles. The van der Waals surface area contributed by atoms with Gasteiger partial charge >= 0.3 is 5.97 Å². The summed E-state index contributed by atoms with van der Waals surface area (Å²) >= 11 is 5.30. The summed E-state index contributed by atoms with van der Waals surface area (Å²) in [4.78, 5) is 10.9. The summed E-state index contributed by atoms with van der Waals surface area (Å²) in [5.74, 6) is 0.326. The molecular weight excluding hydrogens is 314 g/mol. The maximum atomic E-state index is 10.9. The summed E-state index contributed by atoms with van der Waals surface area (Å²) < 4.78 is 0.919. The van der Waals surface area contributed by atoms with Crippen molar-refractivity contribution in [3.05, 3.63) is 28.2 Å². The van der Waals surface area contributed by atoms with Gasteiger partial charge in [-0.3, -0.25) is 0 Å². The first-order chi connectivity index (χ1) is 8.50. The largest absolute Gasteiger partial charge is 0.478 e. The van der Waals surface area contributed by atoms with Crippen LogP contribution in [0.2, 0.25) is 0 Å². The lowest BCUT2D eigenvalue weighted by Gasteiger charge is -2.23. The number of aromatic carboxylic acids is 1. The van der Waals surface area contributed by atoms with Crippen molar-refractivity contribution in [1.82, 2.24) is 0 Å². The molecule has 0 radical (unpaired) electrons. The van der Waals surface area contributed by atoms with E-state index in [2.05, 4.69) is 28.2 Å². The second kappa shape index (κ2) is 5.53. The molecule has 1 heterocycles. The van der Waals surface area contributed by atoms with Crippen LogP contribution in [0, 0.1) is 0 Å². The molecule has 1 atom stereocenters. The highest BCUT2D eigenvalue weighted by molar-refractivity contribution is 9.10. The van der Waals surface area contributed by atoms with E-state index in [1.807, 2.05) is 23.9 Å². The van der Waals surface area contributed by atoms with Gasteiger partial charge in [0.15, 0.2) is 0 Å². The third-order valence-electron chi connectivity index (χ3n) is 3.17. The number of hydrogen-bond acceptors (Lipinski definition) is 3. The zero-order chi connectivity index (χ0) is 13.2. The SMILES string of the molecule is CC1(CNc2ccc(C(=O)O)c(Br)c2)CCCS1. The lowest BCUT2D eigenvalue weighted by Crippen LogP contribution is -2.27. The summed E-state index contributed by atoms with van der Waals surface area (Å²) in [7, 11) is 0. The normalized spacial score (nSPS) is 23.0. The van der Waals surface area contributed by atoms with Gasteiger partial charge in [0.25, 0.3) is 0 Å². The number of carboxylic acid groups (broad SMARTS) is 1. The van der Waals surface area contributed by atoms with Crippen LogP contribution < -0.4 is 5.32 Å². The molecule has 1 aromatic rings. The first-order valence-electron chi connectivity index (χ1n) is 5.91. The third kappa shape index (κ3) is 3.20. The second-order valence-corrected chi connectivity index (χ2v) is 7.29. The molecule has 18 heavy (non-hydrogen) atoms. The van der Waals surface area contributed by atoms with Crippen molar-refractivity contribution in [2.24, 2.45) is 0 Å². The molecule has 1 unspecified atom stereocenters. The summed E-state index contributed by atoms with van der Waals surface area (Å²) in [6.07, 6.45) is 2.52. The predicted molar refractivity (Wildman–Crippen MR) is 79.7 cm³/mol. The van der Waals surface area contributed by atoms with E-state index < -0.39 is 5.97 Å². The Hall–Kier alpha value is -0.680. The third-order valence-corrected chi connectivity index (χ3v) is 5.36. The Kier molecular flexibility index (Phi) is 4.22. The van der Waals surface area contributed by atoms with Crippen molar-refractivity contribution in [3.63, 3.8) is 0 Å². The molecule has 0 amide bonds. The monoisotopic (exact) mass is 329 g/mol. The van der Waals surface area contributed by atoms with Crippen LogP contribution in [0.15, 0.2) is 22.7 Å². The fraction of sp³-hybridized carbons (Fsp3) is 0.462. The minimum absolute atomic E-state index is 0.294. The molecule has 1 aliphatic rings. The van der Waals surface area contributed by atoms with E-state index in [0.717, 1.165) is 12.2 Å². The summed E-state index contributed by atoms with van der Waals surface area (Å²) in [6, 6.07) is 5.27. The van der Waals surface area contributed by atoms with Crippen LogP contribution in [0.25, 0.3) is 0 Å². The molecule has 1 saturated heterocycles. The zero-order valence-electron chi connectivity index (χ0n) is 10.2. The Bertz CT molecular complexity index is 458. The number of nitrogens with one attached hydrogen (secondary N) is 1. The van der Waals surface area contributed by atoms with Crippen LogP contribution in [0.4, 0.5) is 5.69 Å². The average Bonchev–Trinajstić information content (AvgIpc) is 2.74. The predicted octanol–water partition coefficient (Wildman–Crippen LogP) is 3.84. The van der Waals surface area contributed by atoms with E-state index in [-0.39, 0.29) is 0 Å². The van der Waals surface area contributed by atoms with Gasteiger partial charge in [0.2, 0.25) is 0 Å². The molecule has 3 nitrogen and oxygen atoms in total. The minimum atomic E-state index is -0.910. The fourth-order valence-corrected chi connectivity index (χ4v) is 3.86. The zero-order valence-corrected chi connectivity index (χ0v) is 12.6. The van der Waals surface area contributed by atoms with E-state index in [9.17, 15) is 4.79 Å². The number of carbonyl (C=O) groups is 1. The first kappa shape index (κ1) is 13.7. The maximum Gasteiger partial charge on any atom is 0.336 e. The van der Waals surface area contributed by atoms with Crippen LogP contribution in [0.5, 0.6) is 0 Å². The molecule has 1 fully saturated rings. The Morgan fingerprint density at radius 3 is 2.94 bits per heavy atom. The van der Waals surface area contributed by atoms with Crippen LogP contribution in [-0.2, 0) is 0 Å². The van der Waals surface area contributed by atoms with E-state index in [0.29, 0.717) is 14.8 Å². The second-order valence-electron chi connectivity index (χ2n) is 4.76. The van der Waals surface area contributed by atoms with Gasteiger partial charge < -0.3 is 10.4 Å². The molecule has 2 N–H and O–H groups in total. The number of halogens is 1. The van der Waals surface area contributed by atoms with Gasteiger partial charge in [-0.15, -0.1) is 0 Å². The fourth-order valence-electron chi connectivity index (χ4n) is 2.06. The Morgan fingerprint density at radius 2 is 2.39 bits per heavy atom. The van der Waals surface area contributed by atoms with Crippen molar-refractivity contribution in [2.75, 3.05) is 17.6 Å². The lowest BCUT2D eigenvalue weighted by atomic mass is 10.1. The molecule has 2 rings (SSSR count). The topological polar surface area (TPSA) is 49.3 Å². The van der Waals surface area contributed by atoms with Gasteiger partial charge in [-0.05, 0) is 59.6 Å². The first-order valence-corrected chi connectivity index (χ1v) is 7.69. The van der Waals surface area contributed by atoms with Crippen molar-refractivity contribution >= 4 is 39.3 Å². The summed E-state index contributed by atoms with van der Waals surface area (Å²) in [5, 5.41) is 12.3. The summed E-state index contributed by atoms with van der Waals surface area (Å²) in [6.45, 7) is 3.19. The molecule has 5 heteroatoms. The molecule has 0 saturated carbocycles. The quantitative estimate of drug-likeness (QED) is 0.880. The van der Waals surface area contributed by atoms with E-state index in [1.165, 1.54) is 18.6 Å². The number of thioether (sulfide) groups is 1. The Morgan fingerprint density at radius 1 is 1.61 bits per heavy atom. The molecule has 1 aromatic carbocycles. The molecule has 0 spiro atoms. The number of benzene rings is 1. The number of rotatable bonds is 4. The molecule has 1 aliphatic heterocycles. The smallest absolute Gasteiger partial charge is 0.336 e. The Labute approximate surface area is 119 Å². The van der Waals surface area contributed by atoms with E-state index in [1.54, 1.807) is 6.07 Å². The van der Waals surface area contributed by atoms with Gasteiger partial charge in [0, 0.05) is 21.5 Å². The van der Waals surface area contributed by atoms with E-state index in [4.69, 9.17) is 5.11 Å². The van der Waals surface area contributed by atoms with Crippen LogP contribution in [0.1, 0.15) is 30.1 Å². The van der Waals surface area contributed by atoms with Crippen LogP contribution in [0.3, 0.4) is 0 Å². The van der Waals surface area contributed by atoms with E-state index >= 15 is 0 Å². The standard InChI is InChI=1S/C13H16BrNO2S/c1-13(5-2-6-18-13)8-15-9-3-4-10(12(16)17)11(14)7-9/h3-4,7,15H,2,5-6,8H2,1H3,(H,16,17). The highest BCUT2D eigenvalue weighted by atomic mass is 79.9. The van der Waals surface area contributed by atoms with Crippen molar-refractivity contribution in [2.45, 2.75) is 24.5 Å². The Balaban J connectivity index is 2.02. The highest BCUT2D eigenvalue weighted by Crippen LogP contribution is 2.37. The maximum absolute atomic E-state index is 10.9. The van der Waals surface area contributed by atoms with Gasteiger partial charge in [-0.1, -0.05) is 0 Å². The summed E-state index contributed by atoms with van der Waals surface area (Å²) in [5.41, 5.74) is 1.25. The van der Waals surface area contributed by atoms with Gasteiger partial charge in [-0.25, -0.2) is 4.79 Å². The van der Waals surface area contributed by atoms with Crippen molar-refractivity contribution < 1.29 is 9.90 Å². The molecule has 0 bridgehead atoms. The van der Waals surface area contributed by atoms with Gasteiger partial charge in [-0.2, -0.15) is 11.8 Å². The average molecular weight is 330 g/mol. The molecule has 0 aromatic heterocycles. The number of hydrogen-bond donors (Lipinski definition) is 2. The van der Waals surface area contributed by atoms with Crippen molar-refractivity contribution in [3.8, 4) is 0 Å². The number of anilines is 1. The highest BCUT2D eigenvalue weighted by Gasteiger charge is 2.29. The van der Waals surface area contributed by atoms with Crippen molar-refractivity contribution in [1.29, 1.82) is 0 Å². The minimum Gasteiger partial charge on any atom is -0.478 e.